The van der Waals surface area contributed by atoms with Gasteiger partial charge in [-0.2, -0.15) is 0 Å². The summed E-state index contributed by atoms with van der Waals surface area (Å²) in [7, 11) is 0. The Labute approximate surface area is 220 Å². The molecule has 1 aliphatic heterocycles. The van der Waals surface area contributed by atoms with E-state index in [1.165, 1.54) is 16.2 Å². The van der Waals surface area contributed by atoms with Crippen LogP contribution in [-0.2, 0) is 19.1 Å². The summed E-state index contributed by atoms with van der Waals surface area (Å²) in [6.45, 7) is 1.74. The lowest BCUT2D eigenvalue weighted by Gasteiger charge is -2.22. The van der Waals surface area contributed by atoms with Crippen molar-refractivity contribution in [1.82, 2.24) is 4.90 Å². The zero-order valence-electron chi connectivity index (χ0n) is 19.3. The highest BCUT2D eigenvalue weighted by Gasteiger charge is 2.36. The van der Waals surface area contributed by atoms with Crippen LogP contribution in [0.2, 0.25) is 5.02 Å². The number of carbonyl (C=O) groups excluding carboxylic acids is 4. The lowest BCUT2D eigenvalue weighted by molar-refractivity contribution is -0.151. The third kappa shape index (κ3) is 5.61. The van der Waals surface area contributed by atoms with Gasteiger partial charge < -0.3 is 19.7 Å². The summed E-state index contributed by atoms with van der Waals surface area (Å²) in [6.07, 6.45) is 1.14. The molecule has 1 aromatic carbocycles. The predicted octanol–water partition coefficient (Wildman–Crippen LogP) is 5.09. The van der Waals surface area contributed by atoms with Gasteiger partial charge in [0.05, 0.1) is 11.5 Å². The van der Waals surface area contributed by atoms with Crippen molar-refractivity contribution >= 4 is 63.0 Å². The largest absolute Gasteiger partial charge is 0.462 e. The van der Waals surface area contributed by atoms with Crippen LogP contribution < -0.4 is 5.32 Å². The van der Waals surface area contributed by atoms with Crippen LogP contribution in [0.1, 0.15) is 39.8 Å². The number of rotatable bonds is 8. The number of nitrogens with one attached hydrogen (secondary N) is 1. The van der Waals surface area contributed by atoms with Gasteiger partial charge in [-0.25, -0.2) is 9.59 Å². The van der Waals surface area contributed by atoms with Gasteiger partial charge in [0.15, 0.2) is 6.61 Å². The first-order chi connectivity index (χ1) is 17.4. The highest BCUT2D eigenvalue weighted by Crippen LogP contribution is 2.39. The van der Waals surface area contributed by atoms with Gasteiger partial charge in [-0.15, -0.1) is 22.7 Å². The molecule has 3 aromatic rings. The number of nitrogens with zero attached hydrogens (tertiary/aromatic N) is 1. The maximum Gasteiger partial charge on any atom is 0.341 e. The number of likely N-dealkylation sites (tertiary alicyclic amines) is 1. The van der Waals surface area contributed by atoms with Gasteiger partial charge >= 0.3 is 11.9 Å². The Morgan fingerprint density at radius 2 is 1.89 bits per heavy atom. The monoisotopic (exact) mass is 546 g/mol. The first-order valence-corrected chi connectivity index (χ1v) is 13.4. The maximum absolute atomic E-state index is 12.7. The van der Waals surface area contributed by atoms with E-state index >= 15 is 0 Å². The first-order valence-electron chi connectivity index (χ1n) is 11.2. The van der Waals surface area contributed by atoms with E-state index in [-0.39, 0.29) is 23.1 Å². The summed E-state index contributed by atoms with van der Waals surface area (Å²) in [6, 6.07) is 9.79. The van der Waals surface area contributed by atoms with Crippen molar-refractivity contribution in [3.05, 3.63) is 62.6 Å². The highest BCUT2D eigenvalue weighted by atomic mass is 35.5. The number of benzene rings is 1. The Kier molecular flexibility index (Phi) is 8.40. The van der Waals surface area contributed by atoms with Gasteiger partial charge in [0.2, 0.25) is 0 Å². The molecule has 1 N–H and O–H groups in total. The minimum Gasteiger partial charge on any atom is -0.462 e. The van der Waals surface area contributed by atoms with E-state index in [1.807, 2.05) is 0 Å². The van der Waals surface area contributed by atoms with Crippen molar-refractivity contribution in [1.29, 1.82) is 0 Å². The lowest BCUT2D eigenvalue weighted by atomic mass is 10.0. The highest BCUT2D eigenvalue weighted by molar-refractivity contribution is 7.15. The molecule has 1 aliphatic rings. The standard InChI is InChI=1S/C25H23ClN2O6S2/c1-2-33-25(32)21-16(15-7-3-4-8-17(15)26)14-36-22(21)27-20(29)13-34-24(31)18-9-5-11-28(18)23(30)19-10-6-12-35-19/h3-4,6-8,10,12,14,18H,2,5,9,11,13H2,1H3,(H,27,29). The Hall–Kier alpha value is -3.21. The molecule has 3 heterocycles. The molecular formula is C25H23ClN2O6S2. The smallest absolute Gasteiger partial charge is 0.341 e. The van der Waals surface area contributed by atoms with Gasteiger partial charge in [-0.05, 0) is 37.3 Å². The molecule has 0 bridgehead atoms. The quantitative estimate of drug-likeness (QED) is 0.395. The van der Waals surface area contributed by atoms with E-state index in [4.69, 9.17) is 21.1 Å². The number of halogens is 1. The number of carbonyl (C=O) groups is 4. The van der Waals surface area contributed by atoms with Crippen LogP contribution >= 0.6 is 34.3 Å². The summed E-state index contributed by atoms with van der Waals surface area (Å²) in [5.41, 5.74) is 1.34. The topological polar surface area (TPSA) is 102 Å². The summed E-state index contributed by atoms with van der Waals surface area (Å²) in [4.78, 5) is 52.8. The minimum absolute atomic E-state index is 0.156. The normalized spacial score (nSPS) is 14.9. The SMILES string of the molecule is CCOC(=O)c1c(-c2ccccc2Cl)csc1NC(=O)COC(=O)C1CCCN1C(=O)c1cccs1. The van der Waals surface area contributed by atoms with E-state index in [9.17, 15) is 19.2 Å². The summed E-state index contributed by atoms with van der Waals surface area (Å²) in [5.74, 6) is -2.08. The Morgan fingerprint density at radius 1 is 1.08 bits per heavy atom. The van der Waals surface area contributed by atoms with Crippen LogP contribution in [0.5, 0.6) is 0 Å². The van der Waals surface area contributed by atoms with E-state index < -0.39 is 30.5 Å². The molecular weight excluding hydrogens is 524 g/mol. The van der Waals surface area contributed by atoms with E-state index in [0.29, 0.717) is 40.4 Å². The van der Waals surface area contributed by atoms with Crippen molar-refractivity contribution < 1.29 is 28.7 Å². The van der Waals surface area contributed by atoms with E-state index in [2.05, 4.69) is 5.32 Å². The second kappa shape index (κ2) is 11.7. The number of thiophene rings is 2. The number of ether oxygens (including phenoxy) is 2. The summed E-state index contributed by atoms with van der Waals surface area (Å²) in [5, 5.41) is 6.86. The van der Waals surface area contributed by atoms with Crippen LogP contribution in [0.3, 0.4) is 0 Å². The molecule has 188 valence electrons. The van der Waals surface area contributed by atoms with Crippen LogP contribution in [0.25, 0.3) is 11.1 Å². The fraction of sp³-hybridized carbons (Fsp3) is 0.280. The number of hydrogen-bond acceptors (Lipinski definition) is 8. The Morgan fingerprint density at radius 3 is 2.61 bits per heavy atom. The van der Waals surface area contributed by atoms with Crippen molar-refractivity contribution in [2.75, 3.05) is 25.1 Å². The average Bonchev–Trinajstić information content (AvgIpc) is 3.64. The number of hydrogen-bond donors (Lipinski definition) is 1. The van der Waals surface area contributed by atoms with Crippen molar-refractivity contribution in [2.45, 2.75) is 25.8 Å². The third-order valence-electron chi connectivity index (χ3n) is 5.55. The molecule has 0 radical (unpaired) electrons. The predicted molar refractivity (Wildman–Crippen MR) is 139 cm³/mol. The third-order valence-corrected chi connectivity index (χ3v) is 7.63. The zero-order chi connectivity index (χ0) is 25.7. The van der Waals surface area contributed by atoms with Crippen LogP contribution in [-0.4, -0.2) is 54.5 Å². The minimum atomic E-state index is -0.740. The maximum atomic E-state index is 12.7. The van der Waals surface area contributed by atoms with E-state index in [1.54, 1.807) is 54.1 Å². The molecule has 0 aliphatic carbocycles. The Bertz CT molecular complexity index is 1270. The fourth-order valence-corrected chi connectivity index (χ4v) is 5.81. The van der Waals surface area contributed by atoms with Crippen LogP contribution in [0, 0.1) is 0 Å². The number of esters is 2. The lowest BCUT2D eigenvalue weighted by Crippen LogP contribution is -2.41. The zero-order valence-corrected chi connectivity index (χ0v) is 21.7. The van der Waals surface area contributed by atoms with E-state index in [0.717, 1.165) is 11.3 Å². The molecule has 0 saturated carbocycles. The van der Waals surface area contributed by atoms with Crippen molar-refractivity contribution in [3.8, 4) is 11.1 Å². The molecule has 4 rings (SSSR count). The van der Waals surface area contributed by atoms with Crippen LogP contribution in [0.4, 0.5) is 5.00 Å². The average molecular weight is 547 g/mol. The number of anilines is 1. The molecule has 1 atom stereocenters. The summed E-state index contributed by atoms with van der Waals surface area (Å²) >= 11 is 8.77. The molecule has 2 aromatic heterocycles. The number of amides is 2. The van der Waals surface area contributed by atoms with Gasteiger partial charge in [-0.1, -0.05) is 35.9 Å². The second-order valence-corrected chi connectivity index (χ2v) is 10.1. The molecule has 1 unspecified atom stereocenters. The Balaban J connectivity index is 1.43. The molecule has 2 amide bonds. The first kappa shape index (κ1) is 25.9. The molecule has 1 fully saturated rings. The fourth-order valence-electron chi connectivity index (χ4n) is 3.93. The van der Waals surface area contributed by atoms with Crippen molar-refractivity contribution in [3.63, 3.8) is 0 Å². The van der Waals surface area contributed by atoms with Gasteiger partial charge in [-0.3, -0.25) is 9.59 Å². The molecule has 36 heavy (non-hydrogen) atoms. The molecule has 0 spiro atoms. The molecule has 11 heteroatoms. The molecule has 1 saturated heterocycles. The van der Waals surface area contributed by atoms with Gasteiger partial charge in [0, 0.05) is 28.1 Å². The molecule has 8 nitrogen and oxygen atoms in total. The second-order valence-electron chi connectivity index (χ2n) is 7.84. The van der Waals surface area contributed by atoms with Gasteiger partial charge in [0.25, 0.3) is 11.8 Å². The van der Waals surface area contributed by atoms with Crippen LogP contribution in [0.15, 0.2) is 47.2 Å². The summed E-state index contributed by atoms with van der Waals surface area (Å²) < 4.78 is 10.4. The van der Waals surface area contributed by atoms with Gasteiger partial charge in [0.1, 0.15) is 16.6 Å². The van der Waals surface area contributed by atoms with Crippen molar-refractivity contribution in [2.24, 2.45) is 0 Å².